The van der Waals surface area contributed by atoms with Crippen LogP contribution >= 0.6 is 0 Å². The second-order valence-electron chi connectivity index (χ2n) is 18.0. The largest absolute Gasteiger partial charge is 0.507 e. The SMILES string of the molecule is [2H]C([2H])([2H])C(c1ccc(-c2ccnc(-c3[c-]c(-c4cccc5c4nc(-c4cc(C(C([2H])([2H])[2H])(C([2H])([2H])[2H])C([2H])([2H])[2H])cc(C(C([2H])([2H])[2H])(C([2H])([2H])[2H])C([2H])([2H])[2H])c4O)n5-c4ccc(C(C)(C)C)cc4-c4ccccc4)cc(-c4ccccc4)c3)c2)cc1)(C([2H])([2H])[2H])C([2H])([2H])[2H].[Pt]. The number of hydrogen-bond donors (Lipinski definition) is 1. The van der Waals surface area contributed by atoms with E-state index in [2.05, 4.69) is 6.07 Å². The molecule has 5 heteroatoms. The predicted molar refractivity (Wildman–Crippen MR) is 287 cm³/mol. The van der Waals surface area contributed by atoms with Gasteiger partial charge in [-0.05, 0) is 90.9 Å². The maximum absolute atomic E-state index is 13.2. The Balaban J connectivity index is 0.0000118. The summed E-state index contributed by atoms with van der Waals surface area (Å²) in [6, 6.07) is 44.4. The van der Waals surface area contributed by atoms with E-state index in [-0.39, 0.29) is 60.7 Å². The Morgan fingerprint density at radius 1 is 0.493 bits per heavy atom. The van der Waals surface area contributed by atoms with Crippen LogP contribution < -0.4 is 0 Å². The van der Waals surface area contributed by atoms with Gasteiger partial charge < -0.3 is 5.11 Å². The first-order valence-corrected chi connectivity index (χ1v) is 21.7. The number of rotatable bonds is 7. The average molecular weight is 1110 g/mol. The molecule has 0 saturated carbocycles. The van der Waals surface area contributed by atoms with E-state index in [1.807, 2.05) is 39.0 Å². The molecular formula is C64H64N3OPt-. The fourth-order valence-electron chi connectivity index (χ4n) is 8.42. The molecule has 7 aromatic carbocycles. The Labute approximate surface area is 462 Å². The predicted octanol–water partition coefficient (Wildman–Crippen LogP) is 17.1. The molecule has 0 spiro atoms. The van der Waals surface area contributed by atoms with Gasteiger partial charge in [-0.2, -0.15) is 0 Å². The van der Waals surface area contributed by atoms with Gasteiger partial charge in [-0.3, -0.25) is 9.55 Å². The van der Waals surface area contributed by atoms with Crippen LogP contribution in [0.15, 0.2) is 164 Å². The van der Waals surface area contributed by atoms with Gasteiger partial charge in [0, 0.05) is 81.1 Å². The summed E-state index contributed by atoms with van der Waals surface area (Å²) in [5.74, 6) is -1.96. The molecule has 0 saturated heterocycles. The molecule has 0 radical (unpaired) electrons. The number of para-hydroxylation sites is 1. The first kappa shape index (κ1) is 25.5. The second kappa shape index (κ2) is 18.5. The van der Waals surface area contributed by atoms with Gasteiger partial charge in [0.2, 0.25) is 0 Å². The van der Waals surface area contributed by atoms with Gasteiger partial charge in [-0.15, -0.1) is 23.8 Å². The molecule has 0 atom stereocenters. The van der Waals surface area contributed by atoms with Gasteiger partial charge in [0.1, 0.15) is 11.6 Å². The van der Waals surface area contributed by atoms with Gasteiger partial charge in [0.05, 0.1) is 22.3 Å². The molecule has 0 aliphatic rings. The molecule has 4 nitrogen and oxygen atoms in total. The number of aromatic nitrogens is 3. The molecule has 9 aromatic rings. The van der Waals surface area contributed by atoms with Crippen LogP contribution in [0, 0.1) is 6.07 Å². The minimum Gasteiger partial charge on any atom is -0.507 e. The summed E-state index contributed by atoms with van der Waals surface area (Å²) < 4.78 is 235. The maximum atomic E-state index is 13.2. The smallest absolute Gasteiger partial charge is 0.148 e. The van der Waals surface area contributed by atoms with Crippen LogP contribution in [-0.2, 0) is 42.7 Å². The molecule has 2 heterocycles. The molecule has 0 aliphatic heterocycles. The molecule has 0 amide bonds. The third-order valence-electron chi connectivity index (χ3n) is 12.0. The Morgan fingerprint density at radius 2 is 1.10 bits per heavy atom. The Morgan fingerprint density at radius 3 is 1.77 bits per heavy atom. The molecular weight excluding hydrogens is 1020 g/mol. The summed E-state index contributed by atoms with van der Waals surface area (Å²) in [5.41, 5.74) is -10.8. The third-order valence-corrected chi connectivity index (χ3v) is 12.0. The van der Waals surface area contributed by atoms with Gasteiger partial charge in [0.25, 0.3) is 0 Å². The van der Waals surface area contributed by atoms with Crippen molar-refractivity contribution in [3.05, 3.63) is 192 Å². The number of hydrogen-bond acceptors (Lipinski definition) is 3. The fourth-order valence-corrected chi connectivity index (χ4v) is 8.42. The van der Waals surface area contributed by atoms with Crippen molar-refractivity contribution in [2.45, 2.75) is 104 Å². The van der Waals surface area contributed by atoms with Crippen LogP contribution in [0.4, 0.5) is 0 Å². The summed E-state index contributed by atoms with van der Waals surface area (Å²) in [5, 5.41) is 13.2. The van der Waals surface area contributed by atoms with E-state index in [0.717, 1.165) is 17.7 Å². The Bertz CT molecular complexity index is 4230. The third kappa shape index (κ3) is 9.93. The number of fused-ring (bicyclic) bond motifs is 1. The van der Waals surface area contributed by atoms with E-state index >= 15 is 0 Å². The minimum absolute atomic E-state index is 0. The molecule has 352 valence electrons. The van der Waals surface area contributed by atoms with Crippen LogP contribution in [0.25, 0.3) is 83.9 Å². The quantitative estimate of drug-likeness (QED) is 0.162. The topological polar surface area (TPSA) is 50.9 Å². The summed E-state index contributed by atoms with van der Waals surface area (Å²) in [6.07, 6.45) is 1.47. The van der Waals surface area contributed by atoms with Crippen LogP contribution in [0.5, 0.6) is 5.75 Å². The first-order chi connectivity index (χ1) is 43.4. The molecule has 0 unspecified atom stereocenters. The minimum atomic E-state index is -4.22. The summed E-state index contributed by atoms with van der Waals surface area (Å²) in [7, 11) is 0. The molecule has 0 bridgehead atoms. The average Bonchev–Trinajstić information content (AvgIpc) is 0.983. The molecule has 9 rings (SSSR count). The Hall–Kier alpha value is -6.35. The monoisotopic (exact) mass is 1110 g/mol. The van der Waals surface area contributed by atoms with E-state index in [1.165, 1.54) is 22.9 Å². The van der Waals surface area contributed by atoms with E-state index in [9.17, 15) is 5.11 Å². The number of benzene rings is 7. The van der Waals surface area contributed by atoms with Crippen LogP contribution in [0.2, 0.25) is 0 Å². The molecule has 0 fully saturated rings. The number of phenols is 1. The number of nitrogens with zero attached hydrogens (tertiary/aromatic N) is 3. The summed E-state index contributed by atoms with van der Waals surface area (Å²) in [6.45, 7) is -29.6. The first-order valence-electron chi connectivity index (χ1n) is 35.2. The van der Waals surface area contributed by atoms with Crippen LogP contribution in [0.3, 0.4) is 0 Å². The van der Waals surface area contributed by atoms with Crippen molar-refractivity contribution in [2.75, 3.05) is 0 Å². The van der Waals surface area contributed by atoms with Crippen molar-refractivity contribution >= 4 is 11.0 Å². The number of imidazole rings is 1. The second-order valence-corrected chi connectivity index (χ2v) is 18.0. The molecule has 2 aromatic heterocycles. The van der Waals surface area contributed by atoms with Crippen molar-refractivity contribution in [1.29, 1.82) is 0 Å². The zero-order valence-electron chi connectivity index (χ0n) is 64.7. The van der Waals surface area contributed by atoms with Crippen molar-refractivity contribution in [3.63, 3.8) is 0 Å². The number of phenolic OH excluding ortho intramolecular Hbond substituents is 1. The summed E-state index contributed by atoms with van der Waals surface area (Å²) >= 11 is 0. The van der Waals surface area contributed by atoms with Gasteiger partial charge in [-0.25, -0.2) is 4.98 Å². The van der Waals surface area contributed by atoms with Gasteiger partial charge in [0.15, 0.2) is 0 Å². The number of aromatic hydroxyl groups is 1. The molecule has 1 N–H and O–H groups in total. The van der Waals surface area contributed by atoms with Crippen molar-refractivity contribution in [1.82, 2.24) is 14.5 Å². The van der Waals surface area contributed by atoms with E-state index in [0.29, 0.717) is 45.0 Å². The van der Waals surface area contributed by atoms with Gasteiger partial charge >= 0.3 is 0 Å². The fraction of sp³-hybridized carbons (Fsp3) is 0.250. The van der Waals surface area contributed by atoms with E-state index in [4.69, 9.17) is 47.0 Å². The number of pyridine rings is 1. The summed E-state index contributed by atoms with van der Waals surface area (Å²) in [4.78, 5) is 9.88. The van der Waals surface area contributed by atoms with Crippen molar-refractivity contribution in [3.8, 4) is 78.6 Å². The van der Waals surface area contributed by atoms with E-state index < -0.39 is 117 Å². The van der Waals surface area contributed by atoms with Crippen LogP contribution in [-0.4, -0.2) is 19.6 Å². The van der Waals surface area contributed by atoms with E-state index in [1.54, 1.807) is 103 Å². The van der Waals surface area contributed by atoms with Gasteiger partial charge in [-0.1, -0.05) is 214 Å². The maximum Gasteiger partial charge on any atom is 0.148 e. The zero-order valence-corrected chi connectivity index (χ0v) is 40.0. The van der Waals surface area contributed by atoms with Crippen LogP contribution in [0.1, 0.15) is 142 Å². The Kier molecular flexibility index (Phi) is 6.84. The zero-order chi connectivity index (χ0) is 70.8. The molecule has 0 aliphatic carbocycles. The standard InChI is InChI=1S/C64H64N3O.Pt/c1-61(2,3)48-28-26-42(27-29-48)44-32-33-65-55(37-44)47-35-45(41-20-15-13-16-21-41)34-46(36-47)51-24-19-25-57-58(51)66-60(53-39-50(63(7,8)9)40-54(59(53)68)64(10,11)12)67(57)56-31-30-49(62(4,5)6)38-52(56)43-22-17-14-18-23-43;/h13-35,37-40,68H,1-12H3;/q-1;/i1D3,2D3,3D3,7D3,8D3,9D3,10D3,11D3,12D3;. The van der Waals surface area contributed by atoms with Crippen molar-refractivity contribution < 1.29 is 63.2 Å². The van der Waals surface area contributed by atoms with Crippen molar-refractivity contribution in [2.24, 2.45) is 0 Å². The normalized spacial score (nSPS) is 19.7. The molecule has 69 heavy (non-hydrogen) atoms.